The SMILES string of the molecule is C[NH+]([O-])c1ccc(S)cc1. The molecule has 0 bridgehead atoms. The van der Waals surface area contributed by atoms with Crippen molar-refractivity contribution in [3.63, 3.8) is 0 Å². The largest absolute Gasteiger partial charge is 0.629 e. The molecular weight excluding hydrogens is 146 g/mol. The number of benzene rings is 1. The average molecular weight is 155 g/mol. The average Bonchev–Trinajstić information content (AvgIpc) is 1.88. The number of hydroxylamine groups is 1. The Balaban J connectivity index is 2.89. The summed E-state index contributed by atoms with van der Waals surface area (Å²) in [4.78, 5) is 0.880. The molecule has 0 radical (unpaired) electrons. The molecule has 10 heavy (non-hydrogen) atoms. The lowest BCUT2D eigenvalue weighted by Gasteiger charge is -2.14. The molecule has 3 heteroatoms. The Labute approximate surface area is 65.5 Å². The van der Waals surface area contributed by atoms with Crippen LogP contribution in [0.5, 0.6) is 0 Å². The van der Waals surface area contributed by atoms with Gasteiger partial charge in [-0.05, 0) is 12.1 Å². The fourth-order valence-electron chi connectivity index (χ4n) is 0.696. The molecule has 1 aromatic carbocycles. The van der Waals surface area contributed by atoms with Crippen LogP contribution in [0.25, 0.3) is 0 Å². The summed E-state index contributed by atoms with van der Waals surface area (Å²) in [5.41, 5.74) is 0.734. The van der Waals surface area contributed by atoms with E-state index in [4.69, 9.17) is 0 Å². The predicted octanol–water partition coefficient (Wildman–Crippen LogP) is 0.619. The lowest BCUT2D eigenvalue weighted by molar-refractivity contribution is -0.751. The maximum atomic E-state index is 10.7. The Morgan fingerprint density at radius 1 is 1.30 bits per heavy atom. The lowest BCUT2D eigenvalue weighted by Crippen LogP contribution is -2.98. The summed E-state index contributed by atoms with van der Waals surface area (Å²) in [5, 5.41) is 10.8. The number of quaternary nitrogens is 1. The normalized spacial score (nSPS) is 13.1. The van der Waals surface area contributed by atoms with E-state index in [9.17, 15) is 5.21 Å². The van der Waals surface area contributed by atoms with Crippen molar-refractivity contribution in [2.45, 2.75) is 4.90 Å². The molecule has 1 rings (SSSR count). The maximum Gasteiger partial charge on any atom is 0.131 e. The summed E-state index contributed by atoms with van der Waals surface area (Å²) in [7, 11) is 1.55. The summed E-state index contributed by atoms with van der Waals surface area (Å²) >= 11 is 4.09. The third-order valence-electron chi connectivity index (χ3n) is 1.27. The first-order chi connectivity index (χ1) is 4.70. The zero-order chi connectivity index (χ0) is 7.56. The topological polar surface area (TPSA) is 27.5 Å². The minimum absolute atomic E-state index is 0.0910. The Morgan fingerprint density at radius 2 is 1.80 bits per heavy atom. The van der Waals surface area contributed by atoms with E-state index in [1.807, 2.05) is 0 Å². The molecule has 0 amide bonds. The third kappa shape index (κ3) is 1.73. The minimum atomic E-state index is 0.0910. The van der Waals surface area contributed by atoms with Crippen molar-refractivity contribution < 1.29 is 5.06 Å². The van der Waals surface area contributed by atoms with E-state index in [0.717, 1.165) is 10.6 Å². The van der Waals surface area contributed by atoms with Crippen molar-refractivity contribution >= 4 is 18.3 Å². The second-order valence-electron chi connectivity index (χ2n) is 2.10. The van der Waals surface area contributed by atoms with Gasteiger partial charge in [0, 0.05) is 17.0 Å². The van der Waals surface area contributed by atoms with Crippen molar-refractivity contribution in [3.8, 4) is 0 Å². The number of nitrogens with one attached hydrogen (secondary N) is 1. The van der Waals surface area contributed by atoms with Crippen LogP contribution >= 0.6 is 12.6 Å². The molecule has 1 atom stereocenters. The first-order valence-electron chi connectivity index (χ1n) is 3.00. The highest BCUT2D eigenvalue weighted by atomic mass is 32.1. The van der Waals surface area contributed by atoms with Gasteiger partial charge in [-0.1, -0.05) is 0 Å². The molecule has 1 unspecified atom stereocenters. The van der Waals surface area contributed by atoms with Gasteiger partial charge < -0.3 is 10.3 Å². The second kappa shape index (κ2) is 3.05. The highest BCUT2D eigenvalue weighted by Crippen LogP contribution is 2.07. The van der Waals surface area contributed by atoms with Crippen LogP contribution in [-0.4, -0.2) is 7.05 Å². The van der Waals surface area contributed by atoms with Crippen molar-refractivity contribution in [3.05, 3.63) is 29.5 Å². The van der Waals surface area contributed by atoms with Crippen LogP contribution in [-0.2, 0) is 0 Å². The molecule has 0 saturated carbocycles. The highest BCUT2D eigenvalue weighted by Gasteiger charge is 1.93. The summed E-state index contributed by atoms with van der Waals surface area (Å²) in [5.74, 6) is 0. The maximum absolute atomic E-state index is 10.7. The van der Waals surface area contributed by atoms with Crippen molar-refractivity contribution in [1.82, 2.24) is 0 Å². The van der Waals surface area contributed by atoms with Crippen LogP contribution in [0, 0.1) is 5.21 Å². The minimum Gasteiger partial charge on any atom is -0.629 e. The molecule has 0 aliphatic carbocycles. The van der Waals surface area contributed by atoms with E-state index >= 15 is 0 Å². The summed E-state index contributed by atoms with van der Waals surface area (Å²) < 4.78 is 0. The Kier molecular flexibility index (Phi) is 2.32. The summed E-state index contributed by atoms with van der Waals surface area (Å²) in [6.45, 7) is 0. The van der Waals surface area contributed by atoms with Crippen LogP contribution in [0.2, 0.25) is 0 Å². The highest BCUT2D eigenvalue weighted by molar-refractivity contribution is 7.80. The third-order valence-corrected chi connectivity index (χ3v) is 1.57. The molecule has 0 aliphatic heterocycles. The van der Waals surface area contributed by atoms with Crippen LogP contribution in [0.4, 0.5) is 5.69 Å². The van der Waals surface area contributed by atoms with Gasteiger partial charge in [-0.25, -0.2) is 0 Å². The number of thiol groups is 1. The molecule has 1 N–H and O–H groups in total. The van der Waals surface area contributed by atoms with Gasteiger partial charge in [-0.15, -0.1) is 12.6 Å². The Morgan fingerprint density at radius 3 is 2.20 bits per heavy atom. The first kappa shape index (κ1) is 7.60. The smallest absolute Gasteiger partial charge is 0.131 e. The molecule has 0 saturated heterocycles. The van der Waals surface area contributed by atoms with Gasteiger partial charge in [-0.2, -0.15) is 0 Å². The molecule has 54 valence electrons. The zero-order valence-electron chi connectivity index (χ0n) is 5.66. The van der Waals surface area contributed by atoms with Gasteiger partial charge in [0.2, 0.25) is 0 Å². The van der Waals surface area contributed by atoms with Gasteiger partial charge in [0.15, 0.2) is 0 Å². The van der Waals surface area contributed by atoms with E-state index in [0.29, 0.717) is 0 Å². The van der Waals surface area contributed by atoms with Crippen LogP contribution in [0.3, 0.4) is 0 Å². The second-order valence-corrected chi connectivity index (χ2v) is 2.62. The lowest BCUT2D eigenvalue weighted by atomic mass is 10.3. The van der Waals surface area contributed by atoms with E-state index in [1.165, 1.54) is 0 Å². The quantitative estimate of drug-likeness (QED) is 0.451. The zero-order valence-corrected chi connectivity index (χ0v) is 6.56. The van der Waals surface area contributed by atoms with E-state index in [2.05, 4.69) is 12.6 Å². The first-order valence-corrected chi connectivity index (χ1v) is 3.45. The molecule has 0 fully saturated rings. The molecule has 0 aromatic heterocycles. The van der Waals surface area contributed by atoms with Crippen molar-refractivity contribution in [2.75, 3.05) is 7.05 Å². The fourth-order valence-corrected chi connectivity index (χ4v) is 0.845. The molecule has 2 nitrogen and oxygen atoms in total. The predicted molar refractivity (Wildman–Crippen MR) is 43.6 cm³/mol. The molecule has 0 aliphatic rings. The van der Waals surface area contributed by atoms with E-state index < -0.39 is 0 Å². The van der Waals surface area contributed by atoms with E-state index in [1.54, 1.807) is 31.3 Å². The Bertz CT molecular complexity index is 207. The van der Waals surface area contributed by atoms with Crippen LogP contribution in [0.1, 0.15) is 0 Å². The molecule has 0 spiro atoms. The molecule has 1 aromatic rings. The summed E-state index contributed by atoms with van der Waals surface area (Å²) in [6, 6.07) is 7.15. The molecule has 0 heterocycles. The van der Waals surface area contributed by atoms with Gasteiger partial charge >= 0.3 is 0 Å². The molecular formula is C7H9NOS. The monoisotopic (exact) mass is 155 g/mol. The number of hydrogen-bond acceptors (Lipinski definition) is 2. The van der Waals surface area contributed by atoms with Gasteiger partial charge in [0.05, 0.1) is 7.05 Å². The van der Waals surface area contributed by atoms with Crippen molar-refractivity contribution in [1.29, 1.82) is 0 Å². The van der Waals surface area contributed by atoms with E-state index in [-0.39, 0.29) is 5.06 Å². The standard InChI is InChI=1S/C7H9NOS/c1-8(9)6-2-4-7(10)5-3-6/h2-5,8,10H,1H3. The number of rotatable bonds is 1. The van der Waals surface area contributed by atoms with Gasteiger partial charge in [0.1, 0.15) is 5.69 Å². The van der Waals surface area contributed by atoms with Gasteiger partial charge in [0.25, 0.3) is 0 Å². The van der Waals surface area contributed by atoms with Crippen LogP contribution < -0.4 is 5.06 Å². The van der Waals surface area contributed by atoms with Crippen molar-refractivity contribution in [2.24, 2.45) is 0 Å². The summed E-state index contributed by atoms with van der Waals surface area (Å²) in [6.07, 6.45) is 0. The Hall–Kier alpha value is -0.510. The fraction of sp³-hybridized carbons (Fsp3) is 0.143. The van der Waals surface area contributed by atoms with Gasteiger partial charge in [-0.3, -0.25) is 0 Å². The van der Waals surface area contributed by atoms with Crippen LogP contribution in [0.15, 0.2) is 29.2 Å². The number of hydrogen-bond donors (Lipinski definition) is 2.